The van der Waals surface area contributed by atoms with Gasteiger partial charge in [0.25, 0.3) is 0 Å². The molecule has 0 radical (unpaired) electrons. The number of halogens is 2. The molecule has 3 heteroatoms. The molecule has 0 amide bonds. The van der Waals surface area contributed by atoms with E-state index in [0.717, 1.165) is 45.1 Å². The maximum absolute atomic E-state index is 14.1. The summed E-state index contributed by atoms with van der Waals surface area (Å²) in [6.07, 6.45) is 5.77. The first-order chi connectivity index (χ1) is 8.69. The van der Waals surface area contributed by atoms with Crippen LogP contribution in [0.2, 0.25) is 0 Å². The van der Waals surface area contributed by atoms with Crippen LogP contribution in [0, 0.1) is 11.6 Å². The van der Waals surface area contributed by atoms with Gasteiger partial charge < -0.3 is 5.32 Å². The molecular formula is C15H21F2N. The Labute approximate surface area is 108 Å². The van der Waals surface area contributed by atoms with Crippen molar-refractivity contribution in [3.05, 3.63) is 35.4 Å². The fourth-order valence-electron chi connectivity index (χ4n) is 3.08. The summed E-state index contributed by atoms with van der Waals surface area (Å²) in [5.41, 5.74) is -0.269. The number of hydrogen-bond acceptors (Lipinski definition) is 1. The summed E-state index contributed by atoms with van der Waals surface area (Å²) in [5, 5.41) is 3.41. The van der Waals surface area contributed by atoms with Crippen molar-refractivity contribution in [1.82, 2.24) is 5.32 Å². The van der Waals surface area contributed by atoms with Crippen LogP contribution in [0.1, 0.15) is 51.0 Å². The zero-order chi connectivity index (χ0) is 13.0. The second-order valence-electron chi connectivity index (χ2n) is 5.17. The van der Waals surface area contributed by atoms with E-state index in [1.807, 2.05) is 0 Å². The summed E-state index contributed by atoms with van der Waals surface area (Å²) in [6, 6.07) is 4.16. The van der Waals surface area contributed by atoms with Gasteiger partial charge in [-0.1, -0.05) is 32.3 Å². The molecular weight excluding hydrogens is 232 g/mol. The molecule has 1 atom stereocenters. The second kappa shape index (κ2) is 5.79. The summed E-state index contributed by atoms with van der Waals surface area (Å²) in [5.74, 6) is -0.837. The smallest absolute Gasteiger partial charge is 0.131 e. The van der Waals surface area contributed by atoms with Crippen molar-refractivity contribution >= 4 is 0 Å². The standard InChI is InChI=1S/C15H21F2N/c1-2-9-15(10-4-3-5-11-18-15)14-12(16)7-6-8-13(14)17/h6-8,18H,2-5,9-11H2,1H3. The van der Waals surface area contributed by atoms with Crippen LogP contribution < -0.4 is 5.32 Å². The molecule has 2 rings (SSSR count). The van der Waals surface area contributed by atoms with Gasteiger partial charge in [-0.2, -0.15) is 0 Å². The molecule has 1 aromatic rings. The van der Waals surface area contributed by atoms with Gasteiger partial charge in [0.05, 0.1) is 0 Å². The third-order valence-electron chi connectivity index (χ3n) is 3.86. The highest BCUT2D eigenvalue weighted by atomic mass is 19.1. The predicted molar refractivity (Wildman–Crippen MR) is 69.4 cm³/mol. The van der Waals surface area contributed by atoms with Gasteiger partial charge in [0.2, 0.25) is 0 Å². The lowest BCUT2D eigenvalue weighted by molar-refractivity contribution is 0.275. The van der Waals surface area contributed by atoms with Crippen LogP contribution in [-0.2, 0) is 5.54 Å². The molecule has 1 aromatic carbocycles. The Hall–Kier alpha value is -0.960. The molecule has 1 fully saturated rings. The fourth-order valence-corrected chi connectivity index (χ4v) is 3.08. The van der Waals surface area contributed by atoms with E-state index in [1.54, 1.807) is 0 Å². The van der Waals surface area contributed by atoms with Crippen molar-refractivity contribution in [2.45, 2.75) is 51.0 Å². The first kappa shape index (κ1) is 13.5. The molecule has 100 valence electrons. The number of nitrogens with one attached hydrogen (secondary N) is 1. The van der Waals surface area contributed by atoms with E-state index in [-0.39, 0.29) is 5.56 Å². The van der Waals surface area contributed by atoms with E-state index in [0.29, 0.717) is 0 Å². The Morgan fingerprint density at radius 1 is 1.17 bits per heavy atom. The Kier molecular flexibility index (Phi) is 4.33. The molecule has 1 aliphatic heterocycles. The zero-order valence-corrected chi connectivity index (χ0v) is 10.9. The van der Waals surface area contributed by atoms with Crippen LogP contribution in [-0.4, -0.2) is 6.54 Å². The first-order valence-corrected chi connectivity index (χ1v) is 6.89. The fraction of sp³-hybridized carbons (Fsp3) is 0.600. The third-order valence-corrected chi connectivity index (χ3v) is 3.86. The highest BCUT2D eigenvalue weighted by molar-refractivity contribution is 5.28. The van der Waals surface area contributed by atoms with Gasteiger partial charge in [-0.25, -0.2) is 8.78 Å². The molecule has 0 spiro atoms. The lowest BCUT2D eigenvalue weighted by Gasteiger charge is -2.35. The van der Waals surface area contributed by atoms with Gasteiger partial charge in [0.1, 0.15) is 11.6 Å². The van der Waals surface area contributed by atoms with Gasteiger partial charge in [0, 0.05) is 11.1 Å². The third kappa shape index (κ3) is 2.56. The molecule has 1 aliphatic rings. The molecule has 1 N–H and O–H groups in total. The van der Waals surface area contributed by atoms with Crippen molar-refractivity contribution in [3.8, 4) is 0 Å². The van der Waals surface area contributed by atoms with Crippen LogP contribution in [0.25, 0.3) is 0 Å². The Morgan fingerprint density at radius 2 is 1.89 bits per heavy atom. The molecule has 1 unspecified atom stereocenters. The van der Waals surface area contributed by atoms with Gasteiger partial charge in [-0.3, -0.25) is 0 Å². The van der Waals surface area contributed by atoms with E-state index in [2.05, 4.69) is 12.2 Å². The van der Waals surface area contributed by atoms with Crippen LogP contribution in [0.5, 0.6) is 0 Å². The maximum atomic E-state index is 14.1. The topological polar surface area (TPSA) is 12.0 Å². The minimum absolute atomic E-state index is 0.244. The highest BCUT2D eigenvalue weighted by Crippen LogP contribution is 2.37. The van der Waals surface area contributed by atoms with E-state index in [9.17, 15) is 8.78 Å². The average molecular weight is 253 g/mol. The predicted octanol–water partition coefficient (Wildman–Crippen LogP) is 4.12. The minimum atomic E-state index is -0.513. The first-order valence-electron chi connectivity index (χ1n) is 6.89. The Balaban J connectivity index is 2.45. The van der Waals surface area contributed by atoms with Crippen LogP contribution >= 0.6 is 0 Å². The van der Waals surface area contributed by atoms with Gasteiger partial charge >= 0.3 is 0 Å². The number of rotatable bonds is 3. The Morgan fingerprint density at radius 3 is 2.56 bits per heavy atom. The van der Waals surface area contributed by atoms with E-state index in [4.69, 9.17) is 0 Å². The molecule has 0 saturated carbocycles. The van der Waals surface area contributed by atoms with Crippen LogP contribution in [0.3, 0.4) is 0 Å². The lowest BCUT2D eigenvalue weighted by atomic mass is 9.81. The van der Waals surface area contributed by atoms with Crippen molar-refractivity contribution in [2.75, 3.05) is 6.54 Å². The quantitative estimate of drug-likeness (QED) is 0.854. The van der Waals surface area contributed by atoms with Gasteiger partial charge in [0.15, 0.2) is 0 Å². The molecule has 18 heavy (non-hydrogen) atoms. The maximum Gasteiger partial charge on any atom is 0.131 e. The molecule has 1 nitrogen and oxygen atoms in total. The summed E-state index contributed by atoms with van der Waals surface area (Å²) in [6.45, 7) is 2.90. The monoisotopic (exact) mass is 253 g/mol. The van der Waals surface area contributed by atoms with Crippen molar-refractivity contribution in [3.63, 3.8) is 0 Å². The second-order valence-corrected chi connectivity index (χ2v) is 5.17. The van der Waals surface area contributed by atoms with Crippen LogP contribution in [0.15, 0.2) is 18.2 Å². The van der Waals surface area contributed by atoms with Crippen LogP contribution in [0.4, 0.5) is 8.78 Å². The highest BCUT2D eigenvalue weighted by Gasteiger charge is 2.36. The van der Waals surface area contributed by atoms with Gasteiger partial charge in [-0.15, -0.1) is 0 Å². The van der Waals surface area contributed by atoms with Crippen molar-refractivity contribution < 1.29 is 8.78 Å². The summed E-state index contributed by atoms with van der Waals surface area (Å²) in [4.78, 5) is 0. The molecule has 0 aromatic heterocycles. The largest absolute Gasteiger partial charge is 0.307 e. The number of hydrogen-bond donors (Lipinski definition) is 1. The molecule has 1 heterocycles. The molecule has 0 aliphatic carbocycles. The zero-order valence-electron chi connectivity index (χ0n) is 10.9. The minimum Gasteiger partial charge on any atom is -0.307 e. The van der Waals surface area contributed by atoms with Crippen molar-refractivity contribution in [2.24, 2.45) is 0 Å². The summed E-state index contributed by atoms with van der Waals surface area (Å²) < 4.78 is 28.1. The van der Waals surface area contributed by atoms with E-state index in [1.165, 1.54) is 18.2 Å². The average Bonchev–Trinajstić information content (AvgIpc) is 2.56. The van der Waals surface area contributed by atoms with E-state index < -0.39 is 17.2 Å². The summed E-state index contributed by atoms with van der Waals surface area (Å²) >= 11 is 0. The SMILES string of the molecule is CCCC1(c2c(F)cccc2F)CCCCCN1. The molecule has 1 saturated heterocycles. The van der Waals surface area contributed by atoms with E-state index >= 15 is 0 Å². The Bertz CT molecular complexity index is 375. The lowest BCUT2D eigenvalue weighted by Crippen LogP contribution is -2.43. The normalized spacial score (nSPS) is 24.8. The number of benzene rings is 1. The van der Waals surface area contributed by atoms with Gasteiger partial charge in [-0.05, 0) is 37.9 Å². The molecule has 0 bridgehead atoms. The van der Waals surface area contributed by atoms with Crippen molar-refractivity contribution in [1.29, 1.82) is 0 Å². The summed E-state index contributed by atoms with van der Waals surface area (Å²) in [7, 11) is 0.